The molecule has 4 rings (SSSR count). The van der Waals surface area contributed by atoms with Crippen LogP contribution in [0.2, 0.25) is 0 Å². The van der Waals surface area contributed by atoms with Crippen molar-refractivity contribution in [1.82, 2.24) is 30.4 Å². The van der Waals surface area contributed by atoms with E-state index in [1.807, 2.05) is 57.2 Å². The predicted octanol–water partition coefficient (Wildman–Crippen LogP) is 3.06. The zero-order valence-corrected chi connectivity index (χ0v) is 20.2. The molecule has 9 nitrogen and oxygen atoms in total. The molecular weight excluding hydrogens is 432 g/mol. The molecule has 2 unspecified atom stereocenters. The molecule has 2 aliphatic rings. The third-order valence-corrected chi connectivity index (χ3v) is 6.22. The SMILES string of the molecule is CC(C)(C)OC(=O)N1CCCC(c2ccccn2)C1(NC(=O)N1CCNCC1)c1ccccn1. The first kappa shape index (κ1) is 23.9. The summed E-state index contributed by atoms with van der Waals surface area (Å²) in [7, 11) is 0. The van der Waals surface area contributed by atoms with Crippen LogP contribution in [0.25, 0.3) is 0 Å². The van der Waals surface area contributed by atoms with Gasteiger partial charge in [-0.05, 0) is 57.9 Å². The monoisotopic (exact) mass is 466 g/mol. The van der Waals surface area contributed by atoms with Gasteiger partial charge >= 0.3 is 12.1 Å². The molecule has 0 aromatic carbocycles. The summed E-state index contributed by atoms with van der Waals surface area (Å²) in [4.78, 5) is 40.0. The normalized spacial score (nSPS) is 23.3. The van der Waals surface area contributed by atoms with Gasteiger partial charge in [-0.3, -0.25) is 14.9 Å². The molecule has 2 aliphatic heterocycles. The van der Waals surface area contributed by atoms with Gasteiger partial charge in [0.25, 0.3) is 0 Å². The van der Waals surface area contributed by atoms with Crippen molar-refractivity contribution in [3.05, 3.63) is 60.2 Å². The number of nitrogens with zero attached hydrogens (tertiary/aromatic N) is 4. The molecule has 34 heavy (non-hydrogen) atoms. The number of hydrogen-bond donors (Lipinski definition) is 2. The van der Waals surface area contributed by atoms with Gasteiger partial charge in [0.05, 0.1) is 5.69 Å². The Bertz CT molecular complexity index is 975. The molecule has 3 amide bonds. The Morgan fingerprint density at radius 3 is 2.38 bits per heavy atom. The fourth-order valence-electron chi connectivity index (χ4n) is 4.76. The molecule has 0 saturated carbocycles. The molecule has 9 heteroatoms. The van der Waals surface area contributed by atoms with E-state index < -0.39 is 17.4 Å². The Labute approximate surface area is 200 Å². The first-order chi connectivity index (χ1) is 16.3. The zero-order valence-electron chi connectivity index (χ0n) is 20.2. The summed E-state index contributed by atoms with van der Waals surface area (Å²) in [5.74, 6) is -0.309. The summed E-state index contributed by atoms with van der Waals surface area (Å²) in [5, 5.41) is 6.54. The second-order valence-corrected chi connectivity index (χ2v) is 9.73. The van der Waals surface area contributed by atoms with Crippen molar-refractivity contribution in [1.29, 1.82) is 0 Å². The van der Waals surface area contributed by atoms with Crippen LogP contribution >= 0.6 is 0 Å². The number of pyridine rings is 2. The second-order valence-electron chi connectivity index (χ2n) is 9.73. The lowest BCUT2D eigenvalue weighted by Crippen LogP contribution is -2.68. The summed E-state index contributed by atoms with van der Waals surface area (Å²) in [5.41, 5.74) is -0.562. The summed E-state index contributed by atoms with van der Waals surface area (Å²) in [6.45, 7) is 8.58. The van der Waals surface area contributed by atoms with Crippen LogP contribution in [0.1, 0.15) is 50.9 Å². The molecule has 2 fully saturated rings. The van der Waals surface area contributed by atoms with Gasteiger partial charge in [-0.1, -0.05) is 12.1 Å². The summed E-state index contributed by atoms with van der Waals surface area (Å²) in [6, 6.07) is 11.1. The molecule has 2 aromatic rings. The number of rotatable bonds is 3. The number of carbonyl (C=O) groups excluding carboxylic acids is 2. The van der Waals surface area contributed by atoms with Gasteiger partial charge in [0.15, 0.2) is 5.66 Å². The highest BCUT2D eigenvalue weighted by Gasteiger charge is 2.54. The van der Waals surface area contributed by atoms with Gasteiger partial charge in [-0.25, -0.2) is 9.59 Å². The van der Waals surface area contributed by atoms with Crippen LogP contribution in [-0.4, -0.2) is 70.2 Å². The Kier molecular flexibility index (Phi) is 7.02. The van der Waals surface area contributed by atoms with Crippen molar-refractivity contribution in [2.45, 2.75) is 50.8 Å². The van der Waals surface area contributed by atoms with Crippen LogP contribution in [0.15, 0.2) is 48.8 Å². The fraction of sp³-hybridized carbons (Fsp3) is 0.520. The summed E-state index contributed by atoms with van der Waals surface area (Å²) in [6.07, 6.45) is 4.42. The Morgan fingerprint density at radius 1 is 1.06 bits per heavy atom. The minimum Gasteiger partial charge on any atom is -0.444 e. The molecule has 0 bridgehead atoms. The number of hydrogen-bond acceptors (Lipinski definition) is 6. The molecule has 2 aromatic heterocycles. The average Bonchev–Trinajstić information content (AvgIpc) is 2.84. The van der Waals surface area contributed by atoms with Gasteiger partial charge in [-0.2, -0.15) is 0 Å². The topological polar surface area (TPSA) is 99.7 Å². The van der Waals surface area contributed by atoms with E-state index in [0.717, 1.165) is 31.6 Å². The van der Waals surface area contributed by atoms with E-state index in [9.17, 15) is 9.59 Å². The quantitative estimate of drug-likeness (QED) is 0.721. The van der Waals surface area contributed by atoms with Gasteiger partial charge in [0.2, 0.25) is 0 Å². The van der Waals surface area contributed by atoms with E-state index in [1.165, 1.54) is 0 Å². The smallest absolute Gasteiger partial charge is 0.412 e. The van der Waals surface area contributed by atoms with Crippen LogP contribution in [0.3, 0.4) is 0 Å². The number of piperidine rings is 1. The highest BCUT2D eigenvalue weighted by atomic mass is 16.6. The van der Waals surface area contributed by atoms with Gasteiger partial charge < -0.3 is 20.3 Å². The molecule has 2 atom stereocenters. The molecular formula is C25H34N6O3. The zero-order chi connectivity index (χ0) is 24.2. The molecule has 2 saturated heterocycles. The lowest BCUT2D eigenvalue weighted by atomic mass is 9.78. The highest BCUT2D eigenvalue weighted by molar-refractivity contribution is 5.78. The molecule has 0 spiro atoms. The van der Waals surface area contributed by atoms with Crippen molar-refractivity contribution in [2.75, 3.05) is 32.7 Å². The lowest BCUT2D eigenvalue weighted by Gasteiger charge is -2.51. The number of carbonyl (C=O) groups is 2. The number of likely N-dealkylation sites (tertiary alicyclic amines) is 1. The van der Waals surface area contributed by atoms with Crippen LogP contribution in [0.5, 0.6) is 0 Å². The number of amides is 3. The maximum atomic E-state index is 13.6. The van der Waals surface area contributed by atoms with E-state index in [0.29, 0.717) is 25.3 Å². The van der Waals surface area contributed by atoms with E-state index in [-0.39, 0.29) is 11.9 Å². The van der Waals surface area contributed by atoms with Crippen molar-refractivity contribution in [3.8, 4) is 0 Å². The maximum Gasteiger partial charge on any atom is 0.412 e. The molecule has 0 radical (unpaired) electrons. The largest absolute Gasteiger partial charge is 0.444 e. The Balaban J connectivity index is 1.85. The fourth-order valence-corrected chi connectivity index (χ4v) is 4.76. The number of ether oxygens (including phenoxy) is 1. The predicted molar refractivity (Wildman–Crippen MR) is 128 cm³/mol. The Hall–Kier alpha value is -3.20. The third-order valence-electron chi connectivity index (χ3n) is 6.22. The van der Waals surface area contributed by atoms with E-state index in [4.69, 9.17) is 4.74 Å². The molecule has 182 valence electrons. The average molecular weight is 467 g/mol. The first-order valence-corrected chi connectivity index (χ1v) is 11.9. The van der Waals surface area contributed by atoms with E-state index in [2.05, 4.69) is 20.6 Å². The highest BCUT2D eigenvalue weighted by Crippen LogP contribution is 2.45. The standard InChI is InChI=1S/C25H34N6O3/c1-24(2,3)34-23(33)31-16-8-9-19(20-10-4-6-12-27-20)25(31,21-11-5-7-13-28-21)29-22(32)30-17-14-26-15-18-30/h4-7,10-13,19,26H,8-9,14-18H2,1-3H3,(H,29,32). The van der Waals surface area contributed by atoms with Crippen molar-refractivity contribution in [3.63, 3.8) is 0 Å². The van der Waals surface area contributed by atoms with Gasteiger partial charge in [-0.15, -0.1) is 0 Å². The molecule has 2 N–H and O–H groups in total. The third kappa shape index (κ3) is 4.99. The van der Waals surface area contributed by atoms with E-state index in [1.54, 1.807) is 22.2 Å². The summed E-state index contributed by atoms with van der Waals surface area (Å²) >= 11 is 0. The van der Waals surface area contributed by atoms with Crippen molar-refractivity contribution in [2.24, 2.45) is 0 Å². The van der Waals surface area contributed by atoms with Crippen LogP contribution in [0, 0.1) is 0 Å². The van der Waals surface area contributed by atoms with Gasteiger partial charge in [0.1, 0.15) is 5.60 Å². The molecule has 0 aliphatic carbocycles. The summed E-state index contributed by atoms with van der Waals surface area (Å²) < 4.78 is 5.83. The van der Waals surface area contributed by atoms with Crippen LogP contribution in [0.4, 0.5) is 9.59 Å². The number of nitrogens with one attached hydrogen (secondary N) is 2. The van der Waals surface area contributed by atoms with Crippen LogP contribution in [-0.2, 0) is 10.4 Å². The minimum atomic E-state index is -1.25. The lowest BCUT2D eigenvalue weighted by molar-refractivity contribution is -0.0380. The molecule has 4 heterocycles. The maximum absolute atomic E-state index is 13.6. The van der Waals surface area contributed by atoms with Gasteiger partial charge in [0, 0.05) is 56.7 Å². The number of aromatic nitrogens is 2. The van der Waals surface area contributed by atoms with E-state index >= 15 is 0 Å². The van der Waals surface area contributed by atoms with Crippen molar-refractivity contribution >= 4 is 12.1 Å². The first-order valence-electron chi connectivity index (χ1n) is 11.9. The second kappa shape index (κ2) is 9.97. The Morgan fingerprint density at radius 2 is 1.76 bits per heavy atom. The van der Waals surface area contributed by atoms with Crippen LogP contribution < -0.4 is 10.6 Å². The van der Waals surface area contributed by atoms with Crippen molar-refractivity contribution < 1.29 is 14.3 Å². The number of piperazine rings is 1. The minimum absolute atomic E-state index is 0.233. The number of urea groups is 1.